The number of hydrogen-bond acceptors (Lipinski definition) is 2. The molecule has 0 aliphatic rings. The molecule has 1 N–H and O–H groups in total. The Morgan fingerprint density at radius 3 is 2.33 bits per heavy atom. The molecule has 0 radical (unpaired) electrons. The largest absolute Gasteiger partial charge is 0.381 e. The van der Waals surface area contributed by atoms with Crippen molar-refractivity contribution in [3.05, 3.63) is 0 Å². The van der Waals surface area contributed by atoms with Gasteiger partial charge in [0.05, 0.1) is 6.61 Å². The fourth-order valence-corrected chi connectivity index (χ4v) is 1.93. The number of hydrogen-bond donors (Lipinski definition) is 1. The van der Waals surface area contributed by atoms with Gasteiger partial charge in [-0.15, -0.1) is 0 Å². The summed E-state index contributed by atoms with van der Waals surface area (Å²) in [6, 6.07) is 0.553. The molecule has 0 amide bonds. The van der Waals surface area contributed by atoms with Gasteiger partial charge in [0.1, 0.15) is 0 Å². The zero-order chi connectivity index (χ0) is 14.0. The Bertz CT molecular complexity index is 190. The molecule has 2 nitrogen and oxygen atoms in total. The van der Waals surface area contributed by atoms with Crippen LogP contribution in [0.5, 0.6) is 0 Å². The van der Waals surface area contributed by atoms with E-state index in [0.717, 1.165) is 25.7 Å². The van der Waals surface area contributed by atoms with E-state index in [1.54, 1.807) is 0 Å². The first-order valence-corrected chi connectivity index (χ1v) is 7.72. The molecule has 1 unspecified atom stereocenters. The predicted molar refractivity (Wildman–Crippen MR) is 81.0 cm³/mol. The minimum atomic E-state index is 0.229. The summed E-state index contributed by atoms with van der Waals surface area (Å²) in [5.41, 5.74) is 0.229. The van der Waals surface area contributed by atoms with Crippen LogP contribution in [-0.4, -0.2) is 25.8 Å². The summed E-state index contributed by atoms with van der Waals surface area (Å²) in [5, 5.41) is 3.49. The van der Waals surface area contributed by atoms with Gasteiger partial charge in [-0.2, -0.15) is 0 Å². The van der Waals surface area contributed by atoms with Crippen LogP contribution in [-0.2, 0) is 4.74 Å². The van der Waals surface area contributed by atoms with Gasteiger partial charge in [0.25, 0.3) is 0 Å². The minimum absolute atomic E-state index is 0.229. The normalized spacial score (nSPS) is 14.2. The molecule has 0 aliphatic heterocycles. The zero-order valence-electron chi connectivity index (χ0n) is 13.5. The molecule has 0 aliphatic carbocycles. The van der Waals surface area contributed by atoms with Crippen LogP contribution in [0.25, 0.3) is 0 Å². The van der Waals surface area contributed by atoms with Crippen molar-refractivity contribution in [2.75, 3.05) is 19.8 Å². The maximum absolute atomic E-state index is 5.94. The fraction of sp³-hybridized carbons (Fsp3) is 1.00. The molecule has 0 aromatic carbocycles. The average molecular weight is 257 g/mol. The standard InChI is InChI=1S/C16H35NO/c1-7-9-10-15(8-2)11-18-13-16(5,6)12-17-14(3)4/h14-15,17H,7-13H2,1-6H3. The molecule has 0 heterocycles. The highest BCUT2D eigenvalue weighted by Gasteiger charge is 2.19. The first kappa shape index (κ1) is 17.9. The van der Waals surface area contributed by atoms with Crippen LogP contribution in [0, 0.1) is 11.3 Å². The maximum Gasteiger partial charge on any atom is 0.0529 e. The molecule has 0 saturated carbocycles. The van der Waals surface area contributed by atoms with Gasteiger partial charge in [0.2, 0.25) is 0 Å². The van der Waals surface area contributed by atoms with Crippen molar-refractivity contribution < 1.29 is 4.74 Å². The van der Waals surface area contributed by atoms with E-state index in [9.17, 15) is 0 Å². The van der Waals surface area contributed by atoms with Crippen LogP contribution in [0.1, 0.15) is 67.2 Å². The van der Waals surface area contributed by atoms with E-state index >= 15 is 0 Å². The number of ether oxygens (including phenoxy) is 1. The van der Waals surface area contributed by atoms with Gasteiger partial charge in [-0.25, -0.2) is 0 Å². The van der Waals surface area contributed by atoms with Gasteiger partial charge in [0, 0.05) is 24.6 Å². The second-order valence-electron chi connectivity index (χ2n) is 6.63. The van der Waals surface area contributed by atoms with Crippen LogP contribution in [0.3, 0.4) is 0 Å². The van der Waals surface area contributed by atoms with Crippen molar-refractivity contribution in [1.82, 2.24) is 5.32 Å². The monoisotopic (exact) mass is 257 g/mol. The Morgan fingerprint density at radius 1 is 1.17 bits per heavy atom. The highest BCUT2D eigenvalue weighted by Crippen LogP contribution is 2.17. The zero-order valence-corrected chi connectivity index (χ0v) is 13.5. The fourth-order valence-electron chi connectivity index (χ4n) is 1.93. The van der Waals surface area contributed by atoms with Gasteiger partial charge in [-0.3, -0.25) is 0 Å². The van der Waals surface area contributed by atoms with Gasteiger partial charge < -0.3 is 10.1 Å². The van der Waals surface area contributed by atoms with Crippen LogP contribution in [0.4, 0.5) is 0 Å². The average Bonchev–Trinajstić information content (AvgIpc) is 2.31. The second-order valence-corrected chi connectivity index (χ2v) is 6.63. The van der Waals surface area contributed by atoms with Gasteiger partial charge >= 0.3 is 0 Å². The molecule has 0 aromatic heterocycles. The van der Waals surface area contributed by atoms with Crippen molar-refractivity contribution in [2.45, 2.75) is 73.3 Å². The predicted octanol–water partition coefficient (Wildman–Crippen LogP) is 4.24. The first-order chi connectivity index (χ1) is 8.41. The Balaban J connectivity index is 3.78. The van der Waals surface area contributed by atoms with Crippen LogP contribution < -0.4 is 5.32 Å². The van der Waals surface area contributed by atoms with E-state index in [1.165, 1.54) is 25.7 Å². The molecule has 0 aromatic rings. The Morgan fingerprint density at radius 2 is 1.83 bits per heavy atom. The molecule has 18 heavy (non-hydrogen) atoms. The second kappa shape index (κ2) is 9.80. The maximum atomic E-state index is 5.94. The third-order valence-corrected chi connectivity index (χ3v) is 3.38. The lowest BCUT2D eigenvalue weighted by Crippen LogP contribution is -2.37. The topological polar surface area (TPSA) is 21.3 Å². The van der Waals surface area contributed by atoms with Crippen molar-refractivity contribution >= 4 is 0 Å². The quantitative estimate of drug-likeness (QED) is 0.597. The van der Waals surface area contributed by atoms with Crippen LogP contribution >= 0.6 is 0 Å². The first-order valence-electron chi connectivity index (χ1n) is 7.72. The molecule has 0 fully saturated rings. The number of nitrogens with one attached hydrogen (secondary N) is 1. The summed E-state index contributed by atoms with van der Waals surface area (Å²) in [7, 11) is 0. The summed E-state index contributed by atoms with van der Waals surface area (Å²) in [6.07, 6.45) is 5.18. The summed E-state index contributed by atoms with van der Waals surface area (Å²) in [6.45, 7) is 16.3. The molecular formula is C16H35NO. The highest BCUT2D eigenvalue weighted by atomic mass is 16.5. The summed E-state index contributed by atoms with van der Waals surface area (Å²) < 4.78 is 5.94. The molecule has 2 heteroatoms. The Hall–Kier alpha value is -0.0800. The highest BCUT2D eigenvalue weighted by molar-refractivity contribution is 4.72. The lowest BCUT2D eigenvalue weighted by molar-refractivity contribution is 0.0364. The van der Waals surface area contributed by atoms with Crippen molar-refractivity contribution in [1.29, 1.82) is 0 Å². The molecule has 110 valence electrons. The van der Waals surface area contributed by atoms with E-state index in [-0.39, 0.29) is 5.41 Å². The molecule has 0 bridgehead atoms. The van der Waals surface area contributed by atoms with Crippen molar-refractivity contribution in [2.24, 2.45) is 11.3 Å². The lowest BCUT2D eigenvalue weighted by atomic mass is 9.94. The summed E-state index contributed by atoms with van der Waals surface area (Å²) >= 11 is 0. The van der Waals surface area contributed by atoms with Crippen molar-refractivity contribution in [3.63, 3.8) is 0 Å². The van der Waals surface area contributed by atoms with E-state index in [0.29, 0.717) is 6.04 Å². The third kappa shape index (κ3) is 9.90. The lowest BCUT2D eigenvalue weighted by Gasteiger charge is -2.27. The smallest absolute Gasteiger partial charge is 0.0529 e. The molecule has 0 rings (SSSR count). The molecule has 1 atom stereocenters. The number of unbranched alkanes of at least 4 members (excludes halogenated alkanes) is 1. The molecule has 0 spiro atoms. The van der Waals surface area contributed by atoms with Crippen LogP contribution in [0.15, 0.2) is 0 Å². The number of rotatable bonds is 11. The van der Waals surface area contributed by atoms with Crippen LogP contribution in [0.2, 0.25) is 0 Å². The van der Waals surface area contributed by atoms with Gasteiger partial charge in [-0.1, -0.05) is 60.8 Å². The Kier molecular flexibility index (Phi) is 9.76. The van der Waals surface area contributed by atoms with Gasteiger partial charge in [-0.05, 0) is 12.3 Å². The molecule has 0 saturated heterocycles. The minimum Gasteiger partial charge on any atom is -0.381 e. The summed E-state index contributed by atoms with van der Waals surface area (Å²) in [4.78, 5) is 0. The van der Waals surface area contributed by atoms with E-state index < -0.39 is 0 Å². The van der Waals surface area contributed by atoms with Gasteiger partial charge in [0.15, 0.2) is 0 Å². The molecular weight excluding hydrogens is 222 g/mol. The Labute approximate surface area is 115 Å². The van der Waals surface area contributed by atoms with E-state index in [4.69, 9.17) is 4.74 Å². The van der Waals surface area contributed by atoms with E-state index in [2.05, 4.69) is 46.9 Å². The third-order valence-electron chi connectivity index (χ3n) is 3.38. The van der Waals surface area contributed by atoms with E-state index in [1.807, 2.05) is 0 Å². The SMILES string of the molecule is CCCCC(CC)COCC(C)(C)CNC(C)C. The van der Waals surface area contributed by atoms with Crippen molar-refractivity contribution in [3.8, 4) is 0 Å². The summed E-state index contributed by atoms with van der Waals surface area (Å²) in [5.74, 6) is 0.749.